The van der Waals surface area contributed by atoms with E-state index in [9.17, 15) is 13.6 Å². The van der Waals surface area contributed by atoms with Gasteiger partial charge >= 0.3 is 0 Å². The summed E-state index contributed by atoms with van der Waals surface area (Å²) < 4.78 is 26.5. The zero-order valence-electron chi connectivity index (χ0n) is 12.3. The van der Waals surface area contributed by atoms with Crippen molar-refractivity contribution in [1.29, 1.82) is 0 Å². The normalized spacial score (nSPS) is 14.2. The van der Waals surface area contributed by atoms with Crippen molar-refractivity contribution >= 4 is 5.91 Å². The molecule has 0 aliphatic carbocycles. The molecule has 0 aromatic heterocycles. The highest BCUT2D eigenvalue weighted by Crippen LogP contribution is 2.18. The number of nitrogens with one attached hydrogen (secondary N) is 2. The molecule has 1 rings (SSSR count). The van der Waals surface area contributed by atoms with Crippen molar-refractivity contribution < 1.29 is 13.6 Å². The zero-order chi connectivity index (χ0) is 15.3. The van der Waals surface area contributed by atoms with E-state index in [4.69, 9.17) is 0 Å². The molecule has 2 atom stereocenters. The Morgan fingerprint density at radius 3 is 2.40 bits per heavy atom. The van der Waals surface area contributed by atoms with E-state index in [0.29, 0.717) is 18.0 Å². The zero-order valence-corrected chi connectivity index (χ0v) is 12.3. The molecule has 20 heavy (non-hydrogen) atoms. The average Bonchev–Trinajstić information content (AvgIpc) is 2.35. The number of hydrogen-bond donors (Lipinski definition) is 2. The monoisotopic (exact) mass is 284 g/mol. The molecule has 2 N–H and O–H groups in total. The summed E-state index contributed by atoms with van der Waals surface area (Å²) >= 11 is 0. The smallest absolute Gasteiger partial charge is 0.236 e. The van der Waals surface area contributed by atoms with E-state index in [1.54, 1.807) is 13.8 Å². The maximum absolute atomic E-state index is 13.6. The second kappa shape index (κ2) is 7.33. The Kier molecular flexibility index (Phi) is 6.07. The molecule has 3 nitrogen and oxygen atoms in total. The minimum absolute atomic E-state index is 0.131. The van der Waals surface area contributed by atoms with E-state index in [2.05, 4.69) is 10.6 Å². The fourth-order valence-corrected chi connectivity index (χ4v) is 1.85. The number of rotatable bonds is 6. The van der Waals surface area contributed by atoms with Gasteiger partial charge in [0.15, 0.2) is 0 Å². The Balaban J connectivity index is 2.60. The van der Waals surface area contributed by atoms with Gasteiger partial charge in [-0.15, -0.1) is 0 Å². The van der Waals surface area contributed by atoms with Gasteiger partial charge in [0.05, 0.1) is 6.04 Å². The van der Waals surface area contributed by atoms with Crippen LogP contribution in [0.15, 0.2) is 18.2 Å². The van der Waals surface area contributed by atoms with Crippen molar-refractivity contribution in [3.63, 3.8) is 0 Å². The fraction of sp³-hybridized carbons (Fsp3) is 0.533. The lowest BCUT2D eigenvalue weighted by atomic mass is 10.1. The highest BCUT2D eigenvalue weighted by atomic mass is 19.1. The molecule has 0 fully saturated rings. The van der Waals surface area contributed by atoms with Crippen molar-refractivity contribution in [3.05, 3.63) is 35.4 Å². The number of benzene rings is 1. The van der Waals surface area contributed by atoms with Crippen LogP contribution in [-0.2, 0) is 4.79 Å². The third-order valence-electron chi connectivity index (χ3n) is 3.01. The average molecular weight is 284 g/mol. The van der Waals surface area contributed by atoms with Crippen LogP contribution in [0.2, 0.25) is 0 Å². The van der Waals surface area contributed by atoms with Gasteiger partial charge in [0.25, 0.3) is 0 Å². The van der Waals surface area contributed by atoms with Crippen LogP contribution in [0.5, 0.6) is 0 Å². The molecule has 0 unspecified atom stereocenters. The lowest BCUT2D eigenvalue weighted by Gasteiger charge is -2.21. The Morgan fingerprint density at radius 1 is 1.20 bits per heavy atom. The minimum Gasteiger partial charge on any atom is -0.354 e. The van der Waals surface area contributed by atoms with E-state index in [1.165, 1.54) is 12.1 Å². The van der Waals surface area contributed by atoms with Crippen LogP contribution in [0.4, 0.5) is 8.78 Å². The third kappa shape index (κ3) is 4.89. The molecular formula is C15H22F2N2O. The summed E-state index contributed by atoms with van der Waals surface area (Å²) in [7, 11) is 0. The van der Waals surface area contributed by atoms with Crippen molar-refractivity contribution in [2.24, 2.45) is 5.92 Å². The standard InChI is InChI=1S/C15H22F2N2O/c1-9(2)8-18-15(20)11(4)19-10(3)13-6-5-12(16)7-14(13)17/h5-7,9-11,19H,8H2,1-4H3,(H,18,20)/t10-,11-/m0/s1. The van der Waals surface area contributed by atoms with Gasteiger partial charge in [0.1, 0.15) is 11.6 Å². The molecule has 1 amide bonds. The molecule has 5 heteroatoms. The largest absolute Gasteiger partial charge is 0.354 e. The summed E-state index contributed by atoms with van der Waals surface area (Å²) in [5, 5.41) is 5.81. The SMILES string of the molecule is CC(C)CNC(=O)[C@H](C)N[C@@H](C)c1ccc(F)cc1F. The number of amides is 1. The molecule has 112 valence electrons. The van der Waals surface area contributed by atoms with Crippen molar-refractivity contribution in [3.8, 4) is 0 Å². The predicted octanol–water partition coefficient (Wildman–Crippen LogP) is 2.78. The molecule has 1 aromatic rings. The van der Waals surface area contributed by atoms with Gasteiger partial charge in [0.2, 0.25) is 5.91 Å². The van der Waals surface area contributed by atoms with Gasteiger partial charge in [-0.3, -0.25) is 10.1 Å². The molecular weight excluding hydrogens is 262 g/mol. The highest BCUT2D eigenvalue weighted by molar-refractivity contribution is 5.81. The van der Waals surface area contributed by atoms with Crippen LogP contribution >= 0.6 is 0 Å². The number of carbonyl (C=O) groups excluding carboxylic acids is 1. The highest BCUT2D eigenvalue weighted by Gasteiger charge is 2.18. The molecule has 0 radical (unpaired) electrons. The van der Waals surface area contributed by atoms with Crippen LogP contribution in [0.3, 0.4) is 0 Å². The molecule has 0 bridgehead atoms. The van der Waals surface area contributed by atoms with Crippen LogP contribution < -0.4 is 10.6 Å². The van der Waals surface area contributed by atoms with E-state index in [1.807, 2.05) is 13.8 Å². The van der Waals surface area contributed by atoms with Crippen molar-refractivity contribution in [2.45, 2.75) is 39.8 Å². The quantitative estimate of drug-likeness (QED) is 0.843. The van der Waals surface area contributed by atoms with Gasteiger partial charge in [-0.2, -0.15) is 0 Å². The van der Waals surface area contributed by atoms with E-state index >= 15 is 0 Å². The van der Waals surface area contributed by atoms with Crippen molar-refractivity contribution in [1.82, 2.24) is 10.6 Å². The van der Waals surface area contributed by atoms with E-state index in [-0.39, 0.29) is 11.9 Å². The van der Waals surface area contributed by atoms with Crippen molar-refractivity contribution in [2.75, 3.05) is 6.54 Å². The summed E-state index contributed by atoms with van der Waals surface area (Å²) in [6.07, 6.45) is 0. The van der Waals surface area contributed by atoms with Gasteiger partial charge in [-0.1, -0.05) is 19.9 Å². The summed E-state index contributed by atoms with van der Waals surface area (Å²) in [4.78, 5) is 11.8. The maximum Gasteiger partial charge on any atom is 0.236 e. The van der Waals surface area contributed by atoms with Gasteiger partial charge in [-0.05, 0) is 25.8 Å². The van der Waals surface area contributed by atoms with Gasteiger partial charge in [-0.25, -0.2) is 8.78 Å². The number of carbonyl (C=O) groups is 1. The lowest BCUT2D eigenvalue weighted by Crippen LogP contribution is -2.44. The molecule has 0 aliphatic heterocycles. The molecule has 1 aromatic carbocycles. The van der Waals surface area contributed by atoms with E-state index < -0.39 is 17.7 Å². The summed E-state index contributed by atoms with van der Waals surface area (Å²) in [6.45, 7) is 8.07. The van der Waals surface area contributed by atoms with Crippen LogP contribution in [0, 0.1) is 17.6 Å². The maximum atomic E-state index is 13.6. The van der Waals surface area contributed by atoms with E-state index in [0.717, 1.165) is 6.07 Å². The van der Waals surface area contributed by atoms with Crippen LogP contribution in [0.1, 0.15) is 39.3 Å². The Labute approximate surface area is 118 Å². The Bertz CT molecular complexity index is 463. The molecule has 0 heterocycles. The Morgan fingerprint density at radius 2 is 1.85 bits per heavy atom. The number of halogens is 2. The van der Waals surface area contributed by atoms with Gasteiger partial charge < -0.3 is 5.32 Å². The first-order valence-electron chi connectivity index (χ1n) is 6.80. The summed E-state index contributed by atoms with van der Waals surface area (Å²) in [5.41, 5.74) is 0.343. The third-order valence-corrected chi connectivity index (χ3v) is 3.01. The predicted molar refractivity (Wildman–Crippen MR) is 75.2 cm³/mol. The second-order valence-corrected chi connectivity index (χ2v) is 5.41. The molecule has 0 aliphatic rings. The summed E-state index contributed by atoms with van der Waals surface area (Å²) in [5.74, 6) is -0.979. The van der Waals surface area contributed by atoms with Crippen LogP contribution in [-0.4, -0.2) is 18.5 Å². The first kappa shape index (κ1) is 16.6. The lowest BCUT2D eigenvalue weighted by molar-refractivity contribution is -0.123. The molecule has 0 saturated heterocycles. The minimum atomic E-state index is -0.611. The second-order valence-electron chi connectivity index (χ2n) is 5.41. The fourth-order valence-electron chi connectivity index (χ4n) is 1.85. The molecule has 0 spiro atoms. The van der Waals surface area contributed by atoms with Gasteiger partial charge in [0, 0.05) is 24.2 Å². The molecule has 0 saturated carbocycles. The summed E-state index contributed by atoms with van der Waals surface area (Å²) in [6, 6.07) is 2.61. The topological polar surface area (TPSA) is 41.1 Å². The first-order valence-corrected chi connectivity index (χ1v) is 6.80. The van der Waals surface area contributed by atoms with Crippen LogP contribution in [0.25, 0.3) is 0 Å². The number of hydrogen-bond acceptors (Lipinski definition) is 2. The Hall–Kier alpha value is -1.49. The first-order chi connectivity index (χ1) is 9.31.